The van der Waals surface area contributed by atoms with Crippen LogP contribution in [0.2, 0.25) is 0 Å². The van der Waals surface area contributed by atoms with Gasteiger partial charge in [0.05, 0.1) is 6.10 Å². The Kier molecular flexibility index (Phi) is 3.65. The predicted molar refractivity (Wildman–Crippen MR) is 65.1 cm³/mol. The third kappa shape index (κ3) is 2.98. The average Bonchev–Trinajstić information content (AvgIpc) is 2.74. The molecule has 0 aromatic rings. The van der Waals surface area contributed by atoms with Crippen LogP contribution in [0.3, 0.4) is 0 Å². The van der Waals surface area contributed by atoms with Crippen molar-refractivity contribution in [3.8, 4) is 0 Å². The molecule has 2 heterocycles. The van der Waals surface area contributed by atoms with Gasteiger partial charge in [-0.3, -0.25) is 20.2 Å². The first-order chi connectivity index (χ1) is 8.16. The van der Waals surface area contributed by atoms with Gasteiger partial charge in [0.15, 0.2) is 5.11 Å². The molecule has 0 bridgehead atoms. The van der Waals surface area contributed by atoms with Gasteiger partial charge in [-0.1, -0.05) is 12.2 Å². The van der Waals surface area contributed by atoms with E-state index in [0.717, 1.165) is 19.4 Å². The largest absolute Gasteiger partial charge is 0.374 e. The van der Waals surface area contributed by atoms with Crippen LogP contribution in [-0.4, -0.2) is 29.6 Å². The lowest BCUT2D eigenvalue weighted by Crippen LogP contribution is -2.51. The number of nitrogens with one attached hydrogen (secondary N) is 2. The first-order valence-corrected chi connectivity index (χ1v) is 5.74. The standard InChI is InChI=1S/C11H12N2O3S/c14-9-8(10(15)13-11(17)12-9)5-1-3-7-4-2-6-16-7/h1,3,5,7H,2,4,6H2,(H2,12,13,14,15,17)/b3-1+. The Balaban J connectivity index is 2.02. The summed E-state index contributed by atoms with van der Waals surface area (Å²) in [6.07, 6.45) is 7.08. The van der Waals surface area contributed by atoms with Crippen molar-refractivity contribution in [1.29, 1.82) is 0 Å². The molecule has 17 heavy (non-hydrogen) atoms. The van der Waals surface area contributed by atoms with Crippen molar-refractivity contribution in [2.24, 2.45) is 0 Å². The van der Waals surface area contributed by atoms with Gasteiger partial charge in [-0.25, -0.2) is 0 Å². The maximum absolute atomic E-state index is 11.4. The smallest absolute Gasteiger partial charge is 0.263 e. The van der Waals surface area contributed by atoms with E-state index in [1.165, 1.54) is 6.08 Å². The third-order valence-corrected chi connectivity index (χ3v) is 2.70. The lowest BCUT2D eigenvalue weighted by molar-refractivity contribution is -0.123. The topological polar surface area (TPSA) is 67.4 Å². The summed E-state index contributed by atoms with van der Waals surface area (Å²) < 4.78 is 5.38. The van der Waals surface area contributed by atoms with Crippen LogP contribution in [0.15, 0.2) is 23.8 Å². The van der Waals surface area contributed by atoms with E-state index in [-0.39, 0.29) is 16.8 Å². The fourth-order valence-corrected chi connectivity index (χ4v) is 1.84. The van der Waals surface area contributed by atoms with Crippen LogP contribution in [0.4, 0.5) is 0 Å². The van der Waals surface area contributed by atoms with Gasteiger partial charge in [0.1, 0.15) is 5.57 Å². The van der Waals surface area contributed by atoms with E-state index >= 15 is 0 Å². The highest BCUT2D eigenvalue weighted by molar-refractivity contribution is 7.80. The fraction of sp³-hybridized carbons (Fsp3) is 0.364. The summed E-state index contributed by atoms with van der Waals surface area (Å²) in [6, 6.07) is 0. The van der Waals surface area contributed by atoms with Crippen molar-refractivity contribution in [2.45, 2.75) is 18.9 Å². The molecule has 2 saturated heterocycles. The molecule has 0 aromatic heterocycles. The minimum Gasteiger partial charge on any atom is -0.374 e. The molecule has 0 radical (unpaired) electrons. The lowest BCUT2D eigenvalue weighted by atomic mass is 10.1. The average molecular weight is 252 g/mol. The maximum Gasteiger partial charge on any atom is 0.263 e. The summed E-state index contributed by atoms with van der Waals surface area (Å²) in [6.45, 7) is 0.765. The van der Waals surface area contributed by atoms with Crippen LogP contribution < -0.4 is 10.6 Å². The van der Waals surface area contributed by atoms with E-state index < -0.39 is 11.8 Å². The van der Waals surface area contributed by atoms with E-state index in [9.17, 15) is 9.59 Å². The van der Waals surface area contributed by atoms with Crippen molar-refractivity contribution in [2.75, 3.05) is 6.61 Å². The molecule has 6 heteroatoms. The number of carbonyl (C=O) groups excluding carboxylic acids is 2. The Hall–Kier alpha value is -1.53. The van der Waals surface area contributed by atoms with Crippen molar-refractivity contribution in [1.82, 2.24) is 10.6 Å². The minimum absolute atomic E-state index is 0.0419. The Labute approximate surface area is 104 Å². The highest BCUT2D eigenvalue weighted by atomic mass is 32.1. The summed E-state index contributed by atoms with van der Waals surface area (Å²) in [7, 11) is 0. The quantitative estimate of drug-likeness (QED) is 0.418. The molecule has 90 valence electrons. The number of hydrogen-bond acceptors (Lipinski definition) is 4. The first kappa shape index (κ1) is 11.9. The SMILES string of the molecule is O=C1NC(=S)NC(=O)C1=C/C=C/C1CCCO1. The summed E-state index contributed by atoms with van der Waals surface area (Å²) in [4.78, 5) is 22.9. The fourth-order valence-electron chi connectivity index (χ4n) is 1.66. The molecule has 2 aliphatic heterocycles. The molecule has 0 saturated carbocycles. The monoisotopic (exact) mass is 252 g/mol. The van der Waals surface area contributed by atoms with E-state index in [0.29, 0.717) is 0 Å². The zero-order valence-corrected chi connectivity index (χ0v) is 9.88. The molecule has 0 spiro atoms. The number of hydrogen-bond donors (Lipinski definition) is 2. The second-order valence-corrected chi connectivity index (χ2v) is 4.16. The maximum atomic E-state index is 11.4. The molecule has 1 atom stereocenters. The third-order valence-electron chi connectivity index (χ3n) is 2.50. The van der Waals surface area contributed by atoms with E-state index in [4.69, 9.17) is 4.74 Å². The molecule has 0 aliphatic carbocycles. The van der Waals surface area contributed by atoms with Crippen LogP contribution in [0, 0.1) is 0 Å². The minimum atomic E-state index is -0.476. The van der Waals surface area contributed by atoms with Crippen LogP contribution in [-0.2, 0) is 14.3 Å². The molecule has 2 fully saturated rings. The second kappa shape index (κ2) is 5.20. The molecular formula is C11H12N2O3S. The van der Waals surface area contributed by atoms with Crippen LogP contribution in [0.5, 0.6) is 0 Å². The number of allylic oxidation sites excluding steroid dienone is 2. The van der Waals surface area contributed by atoms with Gasteiger partial charge in [-0.05, 0) is 31.1 Å². The van der Waals surface area contributed by atoms with E-state index in [2.05, 4.69) is 22.9 Å². The zero-order chi connectivity index (χ0) is 12.3. The summed E-state index contributed by atoms with van der Waals surface area (Å²) in [5.41, 5.74) is 0.0489. The van der Waals surface area contributed by atoms with Gasteiger partial charge in [0.25, 0.3) is 11.8 Å². The number of ether oxygens (including phenoxy) is 1. The van der Waals surface area contributed by atoms with E-state index in [1.54, 1.807) is 6.08 Å². The molecule has 2 aliphatic rings. The Morgan fingerprint density at radius 3 is 2.59 bits per heavy atom. The predicted octanol–water partition coefficient (Wildman–Crippen LogP) is 0.179. The van der Waals surface area contributed by atoms with Crippen molar-refractivity contribution >= 4 is 29.1 Å². The molecule has 1 unspecified atom stereocenters. The Bertz CT molecular complexity index is 400. The number of thiocarbonyl (C=S) groups is 1. The van der Waals surface area contributed by atoms with Gasteiger partial charge < -0.3 is 4.74 Å². The lowest BCUT2D eigenvalue weighted by Gasteiger charge is -2.15. The number of carbonyl (C=O) groups is 2. The molecule has 2 N–H and O–H groups in total. The van der Waals surface area contributed by atoms with Gasteiger partial charge in [-0.15, -0.1) is 0 Å². The highest BCUT2D eigenvalue weighted by Crippen LogP contribution is 2.13. The normalized spacial score (nSPS) is 25.1. The van der Waals surface area contributed by atoms with Crippen molar-refractivity contribution < 1.29 is 14.3 Å². The van der Waals surface area contributed by atoms with Gasteiger partial charge in [-0.2, -0.15) is 0 Å². The summed E-state index contributed by atoms with van der Waals surface area (Å²) in [5, 5.41) is 4.77. The highest BCUT2D eigenvalue weighted by Gasteiger charge is 2.24. The molecule has 2 rings (SSSR count). The first-order valence-electron chi connectivity index (χ1n) is 5.33. The summed E-state index contributed by atoms with van der Waals surface area (Å²) >= 11 is 4.68. The number of amides is 2. The van der Waals surface area contributed by atoms with Crippen LogP contribution in [0.25, 0.3) is 0 Å². The summed E-state index contributed by atoms with van der Waals surface area (Å²) in [5.74, 6) is -0.952. The van der Waals surface area contributed by atoms with Crippen LogP contribution >= 0.6 is 12.2 Å². The van der Waals surface area contributed by atoms with Crippen molar-refractivity contribution in [3.63, 3.8) is 0 Å². The van der Waals surface area contributed by atoms with Gasteiger partial charge in [0, 0.05) is 6.61 Å². The molecular weight excluding hydrogens is 240 g/mol. The Morgan fingerprint density at radius 2 is 2.00 bits per heavy atom. The van der Waals surface area contributed by atoms with Crippen LogP contribution in [0.1, 0.15) is 12.8 Å². The van der Waals surface area contributed by atoms with E-state index in [1.807, 2.05) is 6.08 Å². The second-order valence-electron chi connectivity index (χ2n) is 3.75. The van der Waals surface area contributed by atoms with Gasteiger partial charge in [0.2, 0.25) is 0 Å². The number of rotatable bonds is 2. The molecule has 2 amide bonds. The zero-order valence-electron chi connectivity index (χ0n) is 9.06. The Morgan fingerprint density at radius 1 is 1.29 bits per heavy atom. The molecule has 5 nitrogen and oxygen atoms in total. The van der Waals surface area contributed by atoms with Gasteiger partial charge >= 0.3 is 0 Å². The molecule has 0 aromatic carbocycles. The van der Waals surface area contributed by atoms with Crippen molar-refractivity contribution in [3.05, 3.63) is 23.8 Å².